The summed E-state index contributed by atoms with van der Waals surface area (Å²) >= 11 is 0. The van der Waals surface area contributed by atoms with Gasteiger partial charge in [0.05, 0.1) is 0 Å². The zero-order valence-electron chi connectivity index (χ0n) is 14.6. The standard InChI is InChI=1S/C23H20N2O/c1-17-11-13-20(14-12-17)24-23(26)16-25-21-10-6-5-9-19(21)15-22(25)18-7-3-2-4-8-18/h2-15H,16H2,1H3,(H,24,26). The molecule has 0 radical (unpaired) electrons. The molecular weight excluding hydrogens is 320 g/mol. The summed E-state index contributed by atoms with van der Waals surface area (Å²) in [6.45, 7) is 2.30. The summed E-state index contributed by atoms with van der Waals surface area (Å²) in [6.07, 6.45) is 0. The summed E-state index contributed by atoms with van der Waals surface area (Å²) in [4.78, 5) is 12.7. The van der Waals surface area contributed by atoms with Gasteiger partial charge in [-0.1, -0.05) is 66.2 Å². The number of hydrogen-bond donors (Lipinski definition) is 1. The first kappa shape index (κ1) is 16.2. The van der Waals surface area contributed by atoms with Crippen molar-refractivity contribution in [3.63, 3.8) is 0 Å². The Morgan fingerprint density at radius 2 is 1.58 bits per heavy atom. The molecule has 128 valence electrons. The van der Waals surface area contributed by atoms with Gasteiger partial charge >= 0.3 is 0 Å². The largest absolute Gasteiger partial charge is 0.331 e. The van der Waals surface area contributed by atoms with E-state index in [4.69, 9.17) is 0 Å². The molecule has 0 atom stereocenters. The van der Waals surface area contributed by atoms with Crippen molar-refractivity contribution in [3.05, 3.63) is 90.5 Å². The van der Waals surface area contributed by atoms with Crippen molar-refractivity contribution in [1.82, 2.24) is 4.57 Å². The van der Waals surface area contributed by atoms with Gasteiger partial charge < -0.3 is 9.88 Å². The number of benzene rings is 3. The van der Waals surface area contributed by atoms with Crippen molar-refractivity contribution in [2.75, 3.05) is 5.32 Å². The third kappa shape index (κ3) is 3.24. The van der Waals surface area contributed by atoms with Gasteiger partial charge in [-0.15, -0.1) is 0 Å². The van der Waals surface area contributed by atoms with Crippen molar-refractivity contribution in [3.8, 4) is 11.3 Å². The molecule has 3 nitrogen and oxygen atoms in total. The van der Waals surface area contributed by atoms with Crippen LogP contribution in [-0.2, 0) is 11.3 Å². The maximum atomic E-state index is 12.7. The van der Waals surface area contributed by atoms with Crippen LogP contribution in [0.4, 0.5) is 5.69 Å². The molecule has 0 spiro atoms. The van der Waals surface area contributed by atoms with E-state index in [1.165, 1.54) is 5.56 Å². The van der Waals surface area contributed by atoms with Gasteiger partial charge in [-0.05, 0) is 36.8 Å². The van der Waals surface area contributed by atoms with E-state index in [2.05, 4.69) is 40.2 Å². The van der Waals surface area contributed by atoms with Crippen molar-refractivity contribution in [1.29, 1.82) is 0 Å². The topological polar surface area (TPSA) is 34.0 Å². The van der Waals surface area contributed by atoms with E-state index in [9.17, 15) is 4.79 Å². The Hall–Kier alpha value is -3.33. The van der Waals surface area contributed by atoms with Crippen LogP contribution >= 0.6 is 0 Å². The van der Waals surface area contributed by atoms with Crippen LogP contribution in [0.1, 0.15) is 5.56 Å². The highest BCUT2D eigenvalue weighted by Crippen LogP contribution is 2.28. The van der Waals surface area contributed by atoms with Gasteiger partial charge in [-0.25, -0.2) is 0 Å². The van der Waals surface area contributed by atoms with Crippen LogP contribution in [-0.4, -0.2) is 10.5 Å². The van der Waals surface area contributed by atoms with Crippen LogP contribution in [0.15, 0.2) is 84.9 Å². The Labute approximate surface area is 152 Å². The summed E-state index contributed by atoms with van der Waals surface area (Å²) in [5, 5.41) is 4.12. The first-order valence-corrected chi connectivity index (χ1v) is 8.71. The fourth-order valence-electron chi connectivity index (χ4n) is 3.21. The number of aryl methyl sites for hydroxylation is 1. The number of fused-ring (bicyclic) bond motifs is 1. The number of para-hydroxylation sites is 1. The zero-order valence-corrected chi connectivity index (χ0v) is 14.6. The van der Waals surface area contributed by atoms with E-state index in [0.717, 1.165) is 27.8 Å². The molecule has 1 aromatic heterocycles. The number of amides is 1. The molecule has 0 saturated heterocycles. The number of anilines is 1. The zero-order chi connectivity index (χ0) is 17.9. The highest BCUT2D eigenvalue weighted by Gasteiger charge is 2.13. The summed E-state index contributed by atoms with van der Waals surface area (Å²) in [5.74, 6) is -0.0348. The van der Waals surface area contributed by atoms with E-state index in [1.54, 1.807) is 0 Å². The smallest absolute Gasteiger partial charge is 0.244 e. The maximum absolute atomic E-state index is 12.7. The molecule has 0 aliphatic heterocycles. The molecule has 0 saturated carbocycles. The lowest BCUT2D eigenvalue weighted by Crippen LogP contribution is -2.19. The third-order valence-corrected chi connectivity index (χ3v) is 4.52. The lowest BCUT2D eigenvalue weighted by molar-refractivity contribution is -0.116. The highest BCUT2D eigenvalue weighted by atomic mass is 16.1. The molecule has 4 aromatic rings. The average Bonchev–Trinajstić information content (AvgIpc) is 3.03. The van der Waals surface area contributed by atoms with E-state index >= 15 is 0 Å². The number of carbonyl (C=O) groups is 1. The predicted octanol–water partition coefficient (Wildman–Crippen LogP) is 5.26. The van der Waals surface area contributed by atoms with Gasteiger partial charge in [-0.3, -0.25) is 4.79 Å². The van der Waals surface area contributed by atoms with Crippen LogP contribution < -0.4 is 5.32 Å². The number of rotatable bonds is 4. The van der Waals surface area contributed by atoms with E-state index < -0.39 is 0 Å². The first-order chi connectivity index (χ1) is 12.7. The van der Waals surface area contributed by atoms with Crippen LogP contribution in [0.2, 0.25) is 0 Å². The molecule has 1 heterocycles. The Balaban J connectivity index is 1.68. The fraction of sp³-hybridized carbons (Fsp3) is 0.0870. The van der Waals surface area contributed by atoms with Crippen LogP contribution in [0, 0.1) is 6.92 Å². The van der Waals surface area contributed by atoms with E-state index in [1.807, 2.05) is 61.5 Å². The van der Waals surface area contributed by atoms with E-state index in [0.29, 0.717) is 0 Å². The lowest BCUT2D eigenvalue weighted by Gasteiger charge is -2.12. The van der Waals surface area contributed by atoms with Crippen LogP contribution in [0.25, 0.3) is 22.2 Å². The van der Waals surface area contributed by atoms with Gasteiger partial charge in [0.25, 0.3) is 0 Å². The Bertz CT molecular complexity index is 1050. The summed E-state index contributed by atoms with van der Waals surface area (Å²) in [5.41, 5.74) is 5.20. The van der Waals surface area contributed by atoms with Crippen LogP contribution in [0.5, 0.6) is 0 Å². The second-order valence-corrected chi connectivity index (χ2v) is 6.45. The maximum Gasteiger partial charge on any atom is 0.244 e. The molecule has 1 N–H and O–H groups in total. The molecule has 0 fully saturated rings. The number of aromatic nitrogens is 1. The van der Waals surface area contributed by atoms with Gasteiger partial charge in [-0.2, -0.15) is 0 Å². The quantitative estimate of drug-likeness (QED) is 0.540. The summed E-state index contributed by atoms with van der Waals surface area (Å²) < 4.78 is 2.08. The third-order valence-electron chi connectivity index (χ3n) is 4.52. The predicted molar refractivity (Wildman–Crippen MR) is 107 cm³/mol. The Morgan fingerprint density at radius 3 is 2.35 bits per heavy atom. The summed E-state index contributed by atoms with van der Waals surface area (Å²) in [7, 11) is 0. The Kier molecular flexibility index (Phi) is 4.28. The average molecular weight is 340 g/mol. The summed E-state index contributed by atoms with van der Waals surface area (Å²) in [6, 6.07) is 28.3. The SMILES string of the molecule is Cc1ccc(NC(=O)Cn2c(-c3ccccc3)cc3ccccc32)cc1. The number of hydrogen-bond acceptors (Lipinski definition) is 1. The molecular formula is C23H20N2O. The van der Waals surface area contributed by atoms with Gasteiger partial charge in [0.2, 0.25) is 5.91 Å². The monoisotopic (exact) mass is 340 g/mol. The Morgan fingerprint density at radius 1 is 0.885 bits per heavy atom. The minimum atomic E-state index is -0.0348. The number of carbonyl (C=O) groups excluding carboxylic acids is 1. The number of nitrogens with one attached hydrogen (secondary N) is 1. The molecule has 0 aliphatic carbocycles. The molecule has 26 heavy (non-hydrogen) atoms. The minimum absolute atomic E-state index is 0.0348. The molecule has 0 aliphatic rings. The van der Waals surface area contributed by atoms with Gasteiger partial charge in [0.1, 0.15) is 6.54 Å². The second-order valence-electron chi connectivity index (χ2n) is 6.45. The molecule has 1 amide bonds. The van der Waals surface area contributed by atoms with E-state index in [-0.39, 0.29) is 12.5 Å². The fourth-order valence-corrected chi connectivity index (χ4v) is 3.21. The highest BCUT2D eigenvalue weighted by molar-refractivity contribution is 5.94. The molecule has 0 unspecified atom stereocenters. The first-order valence-electron chi connectivity index (χ1n) is 8.71. The number of nitrogens with zero attached hydrogens (tertiary/aromatic N) is 1. The second kappa shape index (κ2) is 6.89. The molecule has 3 heteroatoms. The van der Waals surface area contributed by atoms with Gasteiger partial charge in [0.15, 0.2) is 0 Å². The molecule has 3 aromatic carbocycles. The lowest BCUT2D eigenvalue weighted by atomic mass is 10.1. The van der Waals surface area contributed by atoms with Crippen molar-refractivity contribution in [2.24, 2.45) is 0 Å². The minimum Gasteiger partial charge on any atom is -0.331 e. The van der Waals surface area contributed by atoms with Crippen molar-refractivity contribution in [2.45, 2.75) is 13.5 Å². The van der Waals surface area contributed by atoms with Crippen molar-refractivity contribution >= 4 is 22.5 Å². The van der Waals surface area contributed by atoms with Gasteiger partial charge in [0, 0.05) is 22.3 Å². The molecule has 0 bridgehead atoms. The van der Waals surface area contributed by atoms with Crippen molar-refractivity contribution < 1.29 is 4.79 Å². The normalized spacial score (nSPS) is 10.8. The van der Waals surface area contributed by atoms with Crippen LogP contribution in [0.3, 0.4) is 0 Å². The molecule has 4 rings (SSSR count).